The van der Waals surface area contributed by atoms with E-state index in [1.54, 1.807) is 10.7 Å². The van der Waals surface area contributed by atoms with Crippen LogP contribution in [0.3, 0.4) is 0 Å². The lowest BCUT2D eigenvalue weighted by Gasteiger charge is -2.08. The highest BCUT2D eigenvalue weighted by Gasteiger charge is 2.11. The van der Waals surface area contributed by atoms with Crippen LogP contribution in [-0.4, -0.2) is 20.2 Å². The molecule has 0 spiro atoms. The molecule has 2 rings (SSSR count). The van der Waals surface area contributed by atoms with Crippen molar-refractivity contribution >= 4 is 11.4 Å². The average molecular weight is 232 g/mol. The van der Waals surface area contributed by atoms with Crippen LogP contribution in [0.25, 0.3) is 11.4 Å². The third-order valence-corrected chi connectivity index (χ3v) is 2.31. The van der Waals surface area contributed by atoms with Gasteiger partial charge in [0.1, 0.15) is 0 Å². The number of benzene rings is 1. The Morgan fingerprint density at radius 1 is 1.18 bits per heavy atom. The Morgan fingerprint density at radius 3 is 2.41 bits per heavy atom. The van der Waals surface area contributed by atoms with Gasteiger partial charge in [-0.3, -0.25) is 0 Å². The number of hydrogen-bond acceptors (Lipinski definition) is 5. The lowest BCUT2D eigenvalue weighted by Crippen LogP contribution is -2.08. The Kier molecular flexibility index (Phi) is 2.95. The summed E-state index contributed by atoms with van der Waals surface area (Å²) < 4.78 is 1.76. The zero-order chi connectivity index (χ0) is 12.4. The molecule has 0 saturated carbocycles. The standard InChI is InChI=1S/C11H16N6/c1-7(2)6-17-11(14-15-16-17)8-3-9(12)5-10(13)4-8/h3-5,7H,6,12-13H2,1-2H3. The van der Waals surface area contributed by atoms with Gasteiger partial charge < -0.3 is 11.5 Å². The molecule has 17 heavy (non-hydrogen) atoms. The molecule has 0 bridgehead atoms. The molecule has 0 saturated heterocycles. The van der Waals surface area contributed by atoms with Gasteiger partial charge in [-0.25, -0.2) is 4.68 Å². The predicted octanol–water partition coefficient (Wildman–Crippen LogP) is 1.16. The van der Waals surface area contributed by atoms with Crippen LogP contribution in [0.2, 0.25) is 0 Å². The van der Waals surface area contributed by atoms with Crippen molar-refractivity contribution in [3.05, 3.63) is 18.2 Å². The van der Waals surface area contributed by atoms with Gasteiger partial charge in [-0.05, 0) is 34.5 Å². The molecule has 0 unspecified atom stereocenters. The first-order valence-electron chi connectivity index (χ1n) is 5.49. The van der Waals surface area contributed by atoms with Gasteiger partial charge in [0.25, 0.3) is 0 Å². The number of nitrogens with zero attached hydrogens (tertiary/aromatic N) is 4. The molecule has 1 heterocycles. The number of aromatic nitrogens is 4. The van der Waals surface area contributed by atoms with E-state index in [0.29, 0.717) is 23.1 Å². The zero-order valence-electron chi connectivity index (χ0n) is 9.96. The first-order valence-corrected chi connectivity index (χ1v) is 5.49. The van der Waals surface area contributed by atoms with Gasteiger partial charge in [0.15, 0.2) is 5.82 Å². The third kappa shape index (κ3) is 2.52. The molecule has 0 aliphatic carbocycles. The molecule has 6 heteroatoms. The summed E-state index contributed by atoms with van der Waals surface area (Å²) >= 11 is 0. The second kappa shape index (κ2) is 4.40. The fourth-order valence-corrected chi connectivity index (χ4v) is 1.69. The zero-order valence-corrected chi connectivity index (χ0v) is 9.96. The van der Waals surface area contributed by atoms with Gasteiger partial charge in [0.2, 0.25) is 0 Å². The minimum absolute atomic E-state index is 0.468. The molecule has 4 N–H and O–H groups in total. The maximum absolute atomic E-state index is 5.76. The Hall–Kier alpha value is -2.11. The first kappa shape index (κ1) is 11.4. The van der Waals surface area contributed by atoms with Gasteiger partial charge in [0, 0.05) is 23.5 Å². The Morgan fingerprint density at radius 2 is 1.82 bits per heavy atom. The summed E-state index contributed by atoms with van der Waals surface area (Å²) in [5.74, 6) is 1.16. The van der Waals surface area contributed by atoms with E-state index < -0.39 is 0 Å². The molecule has 0 amide bonds. The molecule has 0 aliphatic heterocycles. The molecule has 1 aromatic carbocycles. The van der Waals surface area contributed by atoms with Gasteiger partial charge >= 0.3 is 0 Å². The molecule has 1 aromatic heterocycles. The smallest absolute Gasteiger partial charge is 0.182 e. The van der Waals surface area contributed by atoms with Crippen molar-refractivity contribution in [1.82, 2.24) is 20.2 Å². The van der Waals surface area contributed by atoms with Crippen molar-refractivity contribution in [2.24, 2.45) is 5.92 Å². The number of anilines is 2. The summed E-state index contributed by atoms with van der Waals surface area (Å²) in [6.45, 7) is 4.98. The normalized spacial score (nSPS) is 11.0. The SMILES string of the molecule is CC(C)Cn1nnnc1-c1cc(N)cc(N)c1. The Bertz CT molecular complexity index is 496. The minimum Gasteiger partial charge on any atom is -0.399 e. The summed E-state index contributed by atoms with van der Waals surface area (Å²) in [6.07, 6.45) is 0. The molecular formula is C11H16N6. The molecule has 0 aliphatic rings. The third-order valence-electron chi connectivity index (χ3n) is 2.31. The summed E-state index contributed by atoms with van der Waals surface area (Å²) in [6, 6.07) is 5.35. The molecule has 0 fully saturated rings. The maximum Gasteiger partial charge on any atom is 0.182 e. The van der Waals surface area contributed by atoms with Crippen molar-refractivity contribution < 1.29 is 0 Å². The maximum atomic E-state index is 5.76. The Balaban J connectivity index is 2.42. The molecule has 6 nitrogen and oxygen atoms in total. The van der Waals surface area contributed by atoms with Gasteiger partial charge in [-0.1, -0.05) is 13.8 Å². The van der Waals surface area contributed by atoms with E-state index >= 15 is 0 Å². The number of hydrogen-bond donors (Lipinski definition) is 2. The van der Waals surface area contributed by atoms with Gasteiger partial charge in [-0.2, -0.15) is 0 Å². The highest BCUT2D eigenvalue weighted by atomic mass is 15.5. The second-order valence-corrected chi connectivity index (χ2v) is 4.47. The van der Waals surface area contributed by atoms with E-state index in [2.05, 4.69) is 29.4 Å². The summed E-state index contributed by atoms with van der Waals surface area (Å²) in [5, 5.41) is 11.7. The molecule has 2 aromatic rings. The van der Waals surface area contributed by atoms with Crippen LogP contribution < -0.4 is 11.5 Å². The first-order chi connectivity index (χ1) is 8.06. The van der Waals surface area contributed by atoms with Crippen LogP contribution in [0.1, 0.15) is 13.8 Å². The van der Waals surface area contributed by atoms with Crippen molar-refractivity contribution in [1.29, 1.82) is 0 Å². The van der Waals surface area contributed by atoms with Crippen LogP contribution >= 0.6 is 0 Å². The lowest BCUT2D eigenvalue weighted by atomic mass is 10.1. The van der Waals surface area contributed by atoms with Crippen LogP contribution in [0, 0.1) is 5.92 Å². The van der Waals surface area contributed by atoms with E-state index in [0.717, 1.165) is 12.1 Å². The van der Waals surface area contributed by atoms with E-state index in [4.69, 9.17) is 11.5 Å². The van der Waals surface area contributed by atoms with Gasteiger partial charge in [0.05, 0.1) is 0 Å². The molecule has 90 valence electrons. The lowest BCUT2D eigenvalue weighted by molar-refractivity contribution is 0.475. The number of nitrogen functional groups attached to an aromatic ring is 2. The molecular weight excluding hydrogens is 216 g/mol. The number of tetrazole rings is 1. The number of nitrogens with two attached hydrogens (primary N) is 2. The van der Waals surface area contributed by atoms with Crippen molar-refractivity contribution in [3.8, 4) is 11.4 Å². The van der Waals surface area contributed by atoms with Crippen molar-refractivity contribution in [3.63, 3.8) is 0 Å². The van der Waals surface area contributed by atoms with E-state index in [1.165, 1.54) is 0 Å². The minimum atomic E-state index is 0.468. The second-order valence-electron chi connectivity index (χ2n) is 4.47. The molecule has 0 radical (unpaired) electrons. The summed E-state index contributed by atoms with van der Waals surface area (Å²) in [5.41, 5.74) is 13.6. The average Bonchev–Trinajstić information content (AvgIpc) is 2.63. The highest BCUT2D eigenvalue weighted by Crippen LogP contribution is 2.22. The van der Waals surface area contributed by atoms with Crippen LogP contribution in [-0.2, 0) is 6.54 Å². The van der Waals surface area contributed by atoms with E-state index in [9.17, 15) is 0 Å². The van der Waals surface area contributed by atoms with E-state index in [1.807, 2.05) is 12.1 Å². The predicted molar refractivity (Wildman–Crippen MR) is 66.9 cm³/mol. The topological polar surface area (TPSA) is 95.6 Å². The van der Waals surface area contributed by atoms with Crippen LogP contribution in [0.4, 0.5) is 11.4 Å². The summed E-state index contributed by atoms with van der Waals surface area (Å²) in [7, 11) is 0. The van der Waals surface area contributed by atoms with Crippen LogP contribution in [0.15, 0.2) is 18.2 Å². The highest BCUT2D eigenvalue weighted by molar-refractivity contribution is 5.67. The van der Waals surface area contributed by atoms with Crippen molar-refractivity contribution in [2.75, 3.05) is 11.5 Å². The van der Waals surface area contributed by atoms with Gasteiger partial charge in [-0.15, -0.1) is 5.10 Å². The summed E-state index contributed by atoms with van der Waals surface area (Å²) in [4.78, 5) is 0. The largest absolute Gasteiger partial charge is 0.399 e. The van der Waals surface area contributed by atoms with Crippen LogP contribution in [0.5, 0.6) is 0 Å². The van der Waals surface area contributed by atoms with E-state index in [-0.39, 0.29) is 0 Å². The molecule has 0 atom stereocenters. The monoisotopic (exact) mass is 232 g/mol. The fraction of sp³-hybridized carbons (Fsp3) is 0.364. The Labute approximate surface area is 99.6 Å². The fourth-order valence-electron chi connectivity index (χ4n) is 1.69. The number of rotatable bonds is 3. The van der Waals surface area contributed by atoms with Crippen molar-refractivity contribution in [2.45, 2.75) is 20.4 Å². The quantitative estimate of drug-likeness (QED) is 0.774.